The fourth-order valence-corrected chi connectivity index (χ4v) is 1.35. The predicted molar refractivity (Wildman–Crippen MR) is 56.9 cm³/mol. The lowest BCUT2D eigenvalue weighted by atomic mass is 10.1. The van der Waals surface area contributed by atoms with E-state index < -0.39 is 0 Å². The number of halogens is 1. The van der Waals surface area contributed by atoms with Gasteiger partial charge < -0.3 is 10.5 Å². The maximum atomic E-state index is 12.8. The van der Waals surface area contributed by atoms with Crippen molar-refractivity contribution in [3.05, 3.63) is 29.8 Å². The molecule has 0 aliphatic carbocycles. The van der Waals surface area contributed by atoms with Crippen LogP contribution in [0.1, 0.15) is 31.4 Å². The Balaban J connectivity index is 2.36. The third-order valence-corrected chi connectivity index (χ3v) is 2.16. The van der Waals surface area contributed by atoms with Gasteiger partial charge in [-0.3, -0.25) is 4.98 Å². The highest BCUT2D eigenvalue weighted by Crippen LogP contribution is 2.15. The van der Waals surface area contributed by atoms with Gasteiger partial charge in [-0.1, -0.05) is 0 Å². The summed E-state index contributed by atoms with van der Waals surface area (Å²) in [7, 11) is 0. The zero-order chi connectivity index (χ0) is 11.1. The number of ether oxygens (including phenoxy) is 1. The second kappa shape index (κ2) is 6.48. The molecular formula is C11H17FN2O. The van der Waals surface area contributed by atoms with Crippen molar-refractivity contribution in [1.82, 2.24) is 4.98 Å². The summed E-state index contributed by atoms with van der Waals surface area (Å²) in [6, 6.07) is 1.27. The van der Waals surface area contributed by atoms with Gasteiger partial charge >= 0.3 is 0 Å². The molecule has 15 heavy (non-hydrogen) atoms. The summed E-state index contributed by atoms with van der Waals surface area (Å²) < 4.78 is 18.0. The maximum Gasteiger partial charge on any atom is 0.141 e. The van der Waals surface area contributed by atoms with E-state index in [9.17, 15) is 4.39 Å². The SMILES string of the molecule is CCOCCCC(N)c1cncc(F)c1. The molecule has 0 aromatic carbocycles. The summed E-state index contributed by atoms with van der Waals surface area (Å²) in [5, 5.41) is 0. The summed E-state index contributed by atoms with van der Waals surface area (Å²) >= 11 is 0. The Morgan fingerprint density at radius 3 is 3.00 bits per heavy atom. The van der Waals surface area contributed by atoms with Gasteiger partial charge in [0.15, 0.2) is 0 Å². The molecule has 0 fully saturated rings. The summed E-state index contributed by atoms with van der Waals surface area (Å²) in [4.78, 5) is 3.76. The molecule has 0 amide bonds. The van der Waals surface area contributed by atoms with Gasteiger partial charge in [-0.15, -0.1) is 0 Å². The number of hydrogen-bond donors (Lipinski definition) is 1. The van der Waals surface area contributed by atoms with Crippen LogP contribution in [-0.2, 0) is 4.74 Å². The van der Waals surface area contributed by atoms with Crippen molar-refractivity contribution in [2.24, 2.45) is 5.73 Å². The smallest absolute Gasteiger partial charge is 0.141 e. The van der Waals surface area contributed by atoms with E-state index in [0.717, 1.165) is 25.0 Å². The van der Waals surface area contributed by atoms with E-state index in [2.05, 4.69) is 4.98 Å². The molecule has 1 heterocycles. The molecule has 0 aliphatic heterocycles. The summed E-state index contributed by atoms with van der Waals surface area (Å²) in [6.07, 6.45) is 4.45. The number of hydrogen-bond acceptors (Lipinski definition) is 3. The van der Waals surface area contributed by atoms with Crippen LogP contribution in [0.25, 0.3) is 0 Å². The molecule has 1 aromatic rings. The van der Waals surface area contributed by atoms with Crippen LogP contribution in [0.4, 0.5) is 4.39 Å². The van der Waals surface area contributed by atoms with Crippen molar-refractivity contribution in [2.45, 2.75) is 25.8 Å². The molecule has 84 valence electrons. The van der Waals surface area contributed by atoms with Crippen LogP contribution < -0.4 is 5.73 Å². The van der Waals surface area contributed by atoms with Crippen LogP contribution in [0.3, 0.4) is 0 Å². The molecule has 0 bridgehead atoms. The monoisotopic (exact) mass is 212 g/mol. The zero-order valence-corrected chi connectivity index (χ0v) is 8.95. The average Bonchev–Trinajstić information content (AvgIpc) is 2.24. The van der Waals surface area contributed by atoms with Crippen LogP contribution in [0.5, 0.6) is 0 Å². The molecular weight excluding hydrogens is 195 g/mol. The van der Waals surface area contributed by atoms with Crippen molar-refractivity contribution in [3.8, 4) is 0 Å². The fourth-order valence-electron chi connectivity index (χ4n) is 1.35. The Labute approximate surface area is 89.5 Å². The minimum atomic E-state index is -0.340. The van der Waals surface area contributed by atoms with Gasteiger partial charge in [0, 0.05) is 25.5 Å². The van der Waals surface area contributed by atoms with Crippen LogP contribution >= 0.6 is 0 Å². The molecule has 4 heteroatoms. The minimum absolute atomic E-state index is 0.159. The lowest BCUT2D eigenvalue weighted by Gasteiger charge is -2.11. The Bertz CT molecular complexity index is 294. The van der Waals surface area contributed by atoms with Crippen molar-refractivity contribution in [3.63, 3.8) is 0 Å². The molecule has 1 rings (SSSR count). The van der Waals surface area contributed by atoms with Crippen LogP contribution in [-0.4, -0.2) is 18.2 Å². The van der Waals surface area contributed by atoms with Crippen LogP contribution in [0.2, 0.25) is 0 Å². The lowest BCUT2D eigenvalue weighted by Crippen LogP contribution is -2.12. The van der Waals surface area contributed by atoms with Gasteiger partial charge in [-0.05, 0) is 31.4 Å². The van der Waals surface area contributed by atoms with Gasteiger partial charge in [0.25, 0.3) is 0 Å². The fraction of sp³-hybridized carbons (Fsp3) is 0.545. The first-order valence-electron chi connectivity index (χ1n) is 5.17. The van der Waals surface area contributed by atoms with E-state index in [-0.39, 0.29) is 11.9 Å². The van der Waals surface area contributed by atoms with E-state index >= 15 is 0 Å². The van der Waals surface area contributed by atoms with E-state index in [1.54, 1.807) is 6.20 Å². The lowest BCUT2D eigenvalue weighted by molar-refractivity contribution is 0.142. The van der Waals surface area contributed by atoms with Gasteiger partial charge in [-0.25, -0.2) is 4.39 Å². The summed E-state index contributed by atoms with van der Waals surface area (Å²) in [6.45, 7) is 3.38. The second-order valence-electron chi connectivity index (χ2n) is 3.38. The minimum Gasteiger partial charge on any atom is -0.382 e. The summed E-state index contributed by atoms with van der Waals surface area (Å²) in [5.41, 5.74) is 6.63. The molecule has 1 unspecified atom stereocenters. The van der Waals surface area contributed by atoms with Crippen molar-refractivity contribution < 1.29 is 9.13 Å². The zero-order valence-electron chi connectivity index (χ0n) is 8.95. The van der Waals surface area contributed by atoms with E-state index in [1.165, 1.54) is 12.3 Å². The Morgan fingerprint density at radius 2 is 2.33 bits per heavy atom. The van der Waals surface area contributed by atoms with Crippen LogP contribution in [0, 0.1) is 5.82 Å². The highest BCUT2D eigenvalue weighted by atomic mass is 19.1. The van der Waals surface area contributed by atoms with Crippen molar-refractivity contribution in [1.29, 1.82) is 0 Å². The number of rotatable bonds is 6. The first kappa shape index (κ1) is 12.1. The Hall–Kier alpha value is -1.00. The van der Waals surface area contributed by atoms with E-state index in [0.29, 0.717) is 6.61 Å². The number of nitrogens with zero attached hydrogens (tertiary/aromatic N) is 1. The Morgan fingerprint density at radius 1 is 1.53 bits per heavy atom. The van der Waals surface area contributed by atoms with Gasteiger partial charge in [0.2, 0.25) is 0 Å². The van der Waals surface area contributed by atoms with Crippen molar-refractivity contribution in [2.75, 3.05) is 13.2 Å². The second-order valence-corrected chi connectivity index (χ2v) is 3.38. The van der Waals surface area contributed by atoms with E-state index in [4.69, 9.17) is 10.5 Å². The predicted octanol–water partition coefficient (Wildman–Crippen LogP) is 2.04. The largest absolute Gasteiger partial charge is 0.382 e. The standard InChI is InChI=1S/C11H17FN2O/c1-2-15-5-3-4-11(13)9-6-10(12)8-14-7-9/h6-8,11H,2-5,13H2,1H3. The maximum absolute atomic E-state index is 12.8. The quantitative estimate of drug-likeness (QED) is 0.734. The van der Waals surface area contributed by atoms with Crippen molar-refractivity contribution >= 4 is 0 Å². The molecule has 3 nitrogen and oxygen atoms in total. The number of nitrogens with two attached hydrogens (primary N) is 1. The normalized spacial score (nSPS) is 12.7. The molecule has 0 radical (unpaired) electrons. The average molecular weight is 212 g/mol. The Kier molecular flexibility index (Phi) is 5.21. The molecule has 1 atom stereocenters. The van der Waals surface area contributed by atoms with Gasteiger partial charge in [0.1, 0.15) is 5.82 Å². The highest BCUT2D eigenvalue weighted by molar-refractivity contribution is 5.14. The van der Waals surface area contributed by atoms with E-state index in [1.807, 2.05) is 6.92 Å². The van der Waals surface area contributed by atoms with Gasteiger partial charge in [-0.2, -0.15) is 0 Å². The molecule has 0 saturated carbocycles. The third-order valence-electron chi connectivity index (χ3n) is 2.16. The molecule has 0 spiro atoms. The third kappa shape index (κ3) is 4.36. The topological polar surface area (TPSA) is 48.1 Å². The molecule has 0 saturated heterocycles. The molecule has 2 N–H and O–H groups in total. The summed E-state index contributed by atoms with van der Waals surface area (Å²) in [5.74, 6) is -0.340. The molecule has 0 aliphatic rings. The number of pyridine rings is 1. The highest BCUT2D eigenvalue weighted by Gasteiger charge is 2.06. The van der Waals surface area contributed by atoms with Crippen LogP contribution in [0.15, 0.2) is 18.5 Å². The number of aromatic nitrogens is 1. The first-order chi connectivity index (χ1) is 7.24. The van der Waals surface area contributed by atoms with Gasteiger partial charge in [0.05, 0.1) is 6.20 Å². The first-order valence-corrected chi connectivity index (χ1v) is 5.17. The molecule has 1 aromatic heterocycles.